The molecule has 0 radical (unpaired) electrons. The molecule has 4 heterocycles. The van der Waals surface area contributed by atoms with Crippen LogP contribution in [0.4, 0.5) is 5.82 Å². The summed E-state index contributed by atoms with van der Waals surface area (Å²) in [6, 6.07) is 4.64. The van der Waals surface area contributed by atoms with Crippen molar-refractivity contribution in [1.29, 1.82) is 0 Å². The lowest BCUT2D eigenvalue weighted by Crippen LogP contribution is -2.44. The van der Waals surface area contributed by atoms with E-state index in [1.54, 1.807) is 0 Å². The van der Waals surface area contributed by atoms with E-state index in [-0.39, 0.29) is 0 Å². The Bertz CT molecular complexity index is 589. The van der Waals surface area contributed by atoms with Crippen LogP contribution >= 0.6 is 0 Å². The number of fused-ring (bicyclic) bond motifs is 1. The predicted octanol–water partition coefficient (Wildman–Crippen LogP) is 0.488. The van der Waals surface area contributed by atoms with Gasteiger partial charge in [-0.1, -0.05) is 0 Å². The second kappa shape index (κ2) is 4.97. The fourth-order valence-electron chi connectivity index (χ4n) is 3.47. The monoisotopic (exact) mass is 273 g/mol. The van der Waals surface area contributed by atoms with Gasteiger partial charge in [0.1, 0.15) is 0 Å². The normalized spacial score (nSPS) is 27.3. The zero-order valence-electron chi connectivity index (χ0n) is 11.4. The van der Waals surface area contributed by atoms with Gasteiger partial charge in [-0.3, -0.25) is 0 Å². The smallest absolute Gasteiger partial charge is 0.200 e. The molecule has 2 unspecified atom stereocenters. The van der Waals surface area contributed by atoms with Gasteiger partial charge in [-0.2, -0.15) is 0 Å². The largest absolute Gasteiger partial charge is 0.355 e. The third-order valence-corrected chi connectivity index (χ3v) is 4.50. The SMILES string of the molecule is c1cc2nnnn2nc1N1CCCC(C2CCCN2)C1. The Morgan fingerprint density at radius 1 is 1.20 bits per heavy atom. The summed E-state index contributed by atoms with van der Waals surface area (Å²) in [4.78, 5) is 2.37. The van der Waals surface area contributed by atoms with Gasteiger partial charge in [0.2, 0.25) is 0 Å². The number of aromatic nitrogens is 5. The van der Waals surface area contributed by atoms with Gasteiger partial charge in [-0.25, -0.2) is 0 Å². The summed E-state index contributed by atoms with van der Waals surface area (Å²) in [6.45, 7) is 3.33. The number of nitrogens with zero attached hydrogens (tertiary/aromatic N) is 6. The molecule has 1 N–H and O–H groups in total. The molecule has 106 valence electrons. The van der Waals surface area contributed by atoms with E-state index in [1.165, 1.54) is 36.9 Å². The highest BCUT2D eigenvalue weighted by molar-refractivity contribution is 5.44. The zero-order chi connectivity index (χ0) is 13.4. The Balaban J connectivity index is 1.54. The van der Waals surface area contributed by atoms with E-state index < -0.39 is 0 Å². The third-order valence-electron chi connectivity index (χ3n) is 4.50. The molecule has 2 atom stereocenters. The van der Waals surface area contributed by atoms with Crippen molar-refractivity contribution in [2.75, 3.05) is 24.5 Å². The number of nitrogens with one attached hydrogen (secondary N) is 1. The van der Waals surface area contributed by atoms with Crippen molar-refractivity contribution in [1.82, 2.24) is 30.6 Å². The molecule has 4 rings (SSSR count). The molecule has 2 aliphatic heterocycles. The van der Waals surface area contributed by atoms with Crippen LogP contribution in [0.5, 0.6) is 0 Å². The van der Waals surface area contributed by atoms with Crippen LogP contribution in [0.25, 0.3) is 5.65 Å². The molecule has 20 heavy (non-hydrogen) atoms. The molecule has 0 amide bonds. The Kier molecular flexibility index (Phi) is 2.99. The maximum atomic E-state index is 4.51. The molecule has 0 saturated carbocycles. The van der Waals surface area contributed by atoms with Gasteiger partial charge in [0, 0.05) is 19.1 Å². The Morgan fingerprint density at radius 2 is 2.20 bits per heavy atom. The van der Waals surface area contributed by atoms with Crippen LogP contribution in [0, 0.1) is 5.92 Å². The Morgan fingerprint density at radius 3 is 3.10 bits per heavy atom. The van der Waals surface area contributed by atoms with Crippen LogP contribution in [0.3, 0.4) is 0 Å². The predicted molar refractivity (Wildman–Crippen MR) is 74.5 cm³/mol. The van der Waals surface area contributed by atoms with Crippen LogP contribution in [0.15, 0.2) is 12.1 Å². The summed E-state index contributed by atoms with van der Waals surface area (Å²) in [5, 5.41) is 19.6. The first-order chi connectivity index (χ1) is 9.90. The molecule has 7 heteroatoms. The first-order valence-corrected chi connectivity index (χ1v) is 7.44. The van der Waals surface area contributed by atoms with Gasteiger partial charge in [0.05, 0.1) is 0 Å². The van der Waals surface area contributed by atoms with Crippen molar-refractivity contribution in [3.8, 4) is 0 Å². The van der Waals surface area contributed by atoms with Crippen LogP contribution in [-0.4, -0.2) is 50.9 Å². The van der Waals surface area contributed by atoms with E-state index in [2.05, 4.69) is 30.8 Å². The maximum Gasteiger partial charge on any atom is 0.200 e. The minimum Gasteiger partial charge on any atom is -0.355 e. The lowest BCUT2D eigenvalue weighted by molar-refractivity contribution is 0.327. The van der Waals surface area contributed by atoms with Crippen LogP contribution in [-0.2, 0) is 0 Å². The molecule has 2 aromatic rings. The highest BCUT2D eigenvalue weighted by Gasteiger charge is 2.29. The third kappa shape index (κ3) is 2.11. The van der Waals surface area contributed by atoms with E-state index in [1.807, 2.05) is 12.1 Å². The van der Waals surface area contributed by atoms with E-state index in [0.29, 0.717) is 11.7 Å². The molecular weight excluding hydrogens is 254 g/mol. The van der Waals surface area contributed by atoms with Gasteiger partial charge in [-0.05, 0) is 60.7 Å². The fourth-order valence-corrected chi connectivity index (χ4v) is 3.47. The molecule has 0 spiro atoms. The average molecular weight is 273 g/mol. The van der Waals surface area contributed by atoms with Crippen LogP contribution < -0.4 is 10.2 Å². The molecule has 7 nitrogen and oxygen atoms in total. The second-order valence-corrected chi connectivity index (χ2v) is 5.77. The van der Waals surface area contributed by atoms with Gasteiger partial charge < -0.3 is 10.2 Å². The lowest BCUT2D eigenvalue weighted by atomic mass is 9.90. The number of hydrogen-bond acceptors (Lipinski definition) is 6. The quantitative estimate of drug-likeness (QED) is 0.858. The number of hydrogen-bond donors (Lipinski definition) is 1. The van der Waals surface area contributed by atoms with Gasteiger partial charge in [0.25, 0.3) is 0 Å². The van der Waals surface area contributed by atoms with Crippen molar-refractivity contribution < 1.29 is 0 Å². The molecule has 0 aromatic carbocycles. The van der Waals surface area contributed by atoms with Gasteiger partial charge in [0.15, 0.2) is 11.5 Å². The molecule has 2 aliphatic rings. The summed E-state index contributed by atoms with van der Waals surface area (Å²) < 4.78 is 1.51. The topological polar surface area (TPSA) is 71.2 Å². The van der Waals surface area contributed by atoms with Crippen molar-refractivity contribution >= 4 is 11.5 Å². The van der Waals surface area contributed by atoms with E-state index >= 15 is 0 Å². The summed E-state index contributed by atoms with van der Waals surface area (Å²) in [6.07, 6.45) is 5.19. The molecule has 2 saturated heterocycles. The minimum absolute atomic E-state index is 0.689. The lowest BCUT2D eigenvalue weighted by Gasteiger charge is -2.36. The number of piperidine rings is 1. The second-order valence-electron chi connectivity index (χ2n) is 5.77. The highest BCUT2D eigenvalue weighted by atomic mass is 15.6. The first-order valence-electron chi connectivity index (χ1n) is 7.44. The highest BCUT2D eigenvalue weighted by Crippen LogP contribution is 2.27. The fraction of sp³-hybridized carbons (Fsp3) is 0.692. The first kappa shape index (κ1) is 12.0. The minimum atomic E-state index is 0.689. The molecule has 0 aliphatic carbocycles. The van der Waals surface area contributed by atoms with Crippen molar-refractivity contribution in [3.05, 3.63) is 12.1 Å². The van der Waals surface area contributed by atoms with Crippen LogP contribution in [0.1, 0.15) is 25.7 Å². The van der Waals surface area contributed by atoms with E-state index in [9.17, 15) is 0 Å². The van der Waals surface area contributed by atoms with E-state index in [4.69, 9.17) is 0 Å². The van der Waals surface area contributed by atoms with Crippen molar-refractivity contribution in [2.45, 2.75) is 31.7 Å². The standard InChI is InChI=1S/C13H19N7/c1-4-11(14-7-1)10-3-2-8-19(9-10)13-6-5-12-15-17-18-20(12)16-13/h5-6,10-11,14H,1-4,7-9H2. The summed E-state index contributed by atoms with van der Waals surface area (Å²) >= 11 is 0. The van der Waals surface area contributed by atoms with Gasteiger partial charge in [-0.15, -0.1) is 14.8 Å². The molecule has 0 bridgehead atoms. The Labute approximate surface area is 117 Å². The van der Waals surface area contributed by atoms with E-state index in [0.717, 1.165) is 24.8 Å². The van der Waals surface area contributed by atoms with Gasteiger partial charge >= 0.3 is 0 Å². The van der Waals surface area contributed by atoms with Crippen LogP contribution in [0.2, 0.25) is 0 Å². The summed E-state index contributed by atoms with van der Waals surface area (Å²) in [5.41, 5.74) is 0.694. The molecule has 2 fully saturated rings. The Hall–Kier alpha value is -1.76. The van der Waals surface area contributed by atoms with Crippen molar-refractivity contribution in [2.24, 2.45) is 5.92 Å². The average Bonchev–Trinajstić information content (AvgIpc) is 3.18. The maximum absolute atomic E-state index is 4.51. The number of anilines is 1. The summed E-state index contributed by atoms with van der Waals surface area (Å²) in [7, 11) is 0. The molecular formula is C13H19N7. The number of tetrazole rings is 1. The summed E-state index contributed by atoms with van der Waals surface area (Å²) in [5.74, 6) is 1.71. The van der Waals surface area contributed by atoms with Crippen molar-refractivity contribution in [3.63, 3.8) is 0 Å². The number of rotatable bonds is 2. The molecule has 2 aromatic heterocycles. The zero-order valence-corrected chi connectivity index (χ0v) is 11.4.